The van der Waals surface area contributed by atoms with Crippen LogP contribution >= 0.6 is 0 Å². The highest BCUT2D eigenvalue weighted by Crippen LogP contribution is 2.58. The van der Waals surface area contributed by atoms with Crippen LogP contribution in [-0.4, -0.2) is 16.7 Å². The Hall–Kier alpha value is -2.76. The van der Waals surface area contributed by atoms with Crippen molar-refractivity contribution in [2.24, 2.45) is 23.7 Å². The summed E-state index contributed by atoms with van der Waals surface area (Å²) in [5.74, 6) is -1.07. The molecule has 1 saturated heterocycles. The van der Waals surface area contributed by atoms with Crippen LogP contribution in [0.4, 0.5) is 11.4 Å². The number of hydrogen-bond donors (Lipinski definition) is 0. The fourth-order valence-electron chi connectivity index (χ4n) is 5.33. The molecule has 1 heterocycles. The van der Waals surface area contributed by atoms with Gasteiger partial charge in [0.15, 0.2) is 0 Å². The molecule has 1 aromatic carbocycles. The number of non-ortho nitro benzene ring substituents is 1. The van der Waals surface area contributed by atoms with Crippen molar-refractivity contribution in [3.8, 4) is 0 Å². The molecule has 5 rings (SSSR count). The van der Waals surface area contributed by atoms with Gasteiger partial charge >= 0.3 is 0 Å². The second-order valence-corrected chi connectivity index (χ2v) is 7.54. The Balaban J connectivity index is 1.54. The van der Waals surface area contributed by atoms with Crippen LogP contribution in [0, 0.1) is 33.8 Å². The molecule has 4 unspecified atom stereocenters. The van der Waals surface area contributed by atoms with E-state index < -0.39 is 4.92 Å². The Bertz CT molecular complexity index is 874. The molecule has 0 radical (unpaired) electrons. The first-order valence-corrected chi connectivity index (χ1v) is 9.10. The van der Waals surface area contributed by atoms with Gasteiger partial charge < -0.3 is 0 Å². The van der Waals surface area contributed by atoms with Crippen LogP contribution in [0.15, 0.2) is 47.6 Å². The molecule has 6 nitrogen and oxygen atoms in total. The summed E-state index contributed by atoms with van der Waals surface area (Å²) in [5.41, 5.74) is 2.95. The zero-order chi connectivity index (χ0) is 18.0. The van der Waals surface area contributed by atoms with E-state index in [2.05, 4.69) is 12.2 Å². The summed E-state index contributed by atoms with van der Waals surface area (Å²) >= 11 is 0. The predicted octanol–water partition coefficient (Wildman–Crippen LogP) is 3.39. The van der Waals surface area contributed by atoms with Crippen LogP contribution in [-0.2, 0) is 9.59 Å². The van der Waals surface area contributed by atoms with Crippen molar-refractivity contribution < 1.29 is 14.5 Å². The lowest BCUT2D eigenvalue weighted by Gasteiger charge is -2.19. The van der Waals surface area contributed by atoms with Crippen molar-refractivity contribution in [2.75, 3.05) is 4.90 Å². The normalized spacial score (nSPS) is 32.1. The molecule has 4 atom stereocenters. The molecule has 3 fully saturated rings. The number of carbonyl (C=O) groups excluding carboxylic acids is 2. The van der Waals surface area contributed by atoms with Crippen LogP contribution in [0.1, 0.15) is 25.7 Å². The predicted molar refractivity (Wildman–Crippen MR) is 94.2 cm³/mol. The standard InChI is InChI=1S/C20H18N2O4/c23-19-17-14-8-9-15(16(14)11-4-1-2-5-11)18(17)20(24)21(19)12-6-3-7-13(10-12)22(25)26/h3,6-10,14-15,17-18H,1-2,4-5H2. The lowest BCUT2D eigenvalue weighted by molar-refractivity contribution is -0.384. The Morgan fingerprint density at radius 3 is 2.19 bits per heavy atom. The summed E-state index contributed by atoms with van der Waals surface area (Å²) in [6.45, 7) is 0. The van der Waals surface area contributed by atoms with Gasteiger partial charge in [-0.15, -0.1) is 0 Å². The summed E-state index contributed by atoms with van der Waals surface area (Å²) < 4.78 is 0. The highest BCUT2D eigenvalue weighted by Gasteiger charge is 2.62. The number of rotatable bonds is 2. The van der Waals surface area contributed by atoms with E-state index in [9.17, 15) is 19.7 Å². The zero-order valence-electron chi connectivity index (χ0n) is 14.1. The average molecular weight is 350 g/mol. The fraction of sp³-hybridized carbons (Fsp3) is 0.400. The number of benzene rings is 1. The number of fused-ring (bicyclic) bond motifs is 5. The minimum Gasteiger partial charge on any atom is -0.274 e. The molecule has 1 aromatic rings. The van der Waals surface area contributed by atoms with Crippen LogP contribution < -0.4 is 4.90 Å². The van der Waals surface area contributed by atoms with Crippen molar-refractivity contribution in [2.45, 2.75) is 25.7 Å². The molecular formula is C20H18N2O4. The first-order chi connectivity index (χ1) is 12.6. The molecule has 2 bridgehead atoms. The Labute approximate surface area is 150 Å². The first kappa shape index (κ1) is 15.5. The van der Waals surface area contributed by atoms with Gasteiger partial charge in [-0.1, -0.05) is 29.4 Å². The van der Waals surface area contributed by atoms with E-state index in [1.165, 1.54) is 47.1 Å². The lowest BCUT2D eigenvalue weighted by atomic mass is 9.85. The topological polar surface area (TPSA) is 80.5 Å². The molecule has 0 N–H and O–H groups in total. The molecule has 3 aliphatic carbocycles. The van der Waals surface area contributed by atoms with Crippen molar-refractivity contribution in [3.05, 3.63) is 57.7 Å². The third-order valence-electron chi connectivity index (χ3n) is 6.33. The number of nitrogens with zero attached hydrogens (tertiary/aromatic N) is 2. The largest absolute Gasteiger partial charge is 0.274 e. The highest BCUT2D eigenvalue weighted by molar-refractivity contribution is 6.23. The highest BCUT2D eigenvalue weighted by atomic mass is 16.6. The number of anilines is 1. The summed E-state index contributed by atoms with van der Waals surface area (Å²) in [5, 5.41) is 11.0. The van der Waals surface area contributed by atoms with Gasteiger partial charge in [-0.25, -0.2) is 4.90 Å². The van der Waals surface area contributed by atoms with E-state index in [4.69, 9.17) is 0 Å². The molecule has 1 aliphatic heterocycles. The maximum Gasteiger partial charge on any atom is 0.271 e. The van der Waals surface area contributed by atoms with Crippen LogP contribution in [0.3, 0.4) is 0 Å². The van der Waals surface area contributed by atoms with Gasteiger partial charge in [0.1, 0.15) is 0 Å². The van der Waals surface area contributed by atoms with Crippen LogP contribution in [0.5, 0.6) is 0 Å². The van der Waals surface area contributed by atoms with Crippen molar-refractivity contribution >= 4 is 23.2 Å². The van der Waals surface area contributed by atoms with Gasteiger partial charge in [-0.3, -0.25) is 19.7 Å². The quantitative estimate of drug-likeness (QED) is 0.354. The average Bonchev–Trinajstić information content (AvgIpc) is 3.38. The SMILES string of the molecule is O=C1C2C3C=CC(C3=C3CCCC3)C2C(=O)N1c1cccc([N+](=O)[O-])c1. The molecule has 132 valence electrons. The van der Waals surface area contributed by atoms with Gasteiger partial charge in [0.2, 0.25) is 11.8 Å². The Morgan fingerprint density at radius 2 is 1.62 bits per heavy atom. The number of nitro benzene ring substituents is 1. The molecular weight excluding hydrogens is 332 g/mol. The van der Waals surface area contributed by atoms with Gasteiger partial charge in [0, 0.05) is 24.0 Å². The van der Waals surface area contributed by atoms with Gasteiger partial charge in [0.05, 0.1) is 22.4 Å². The van der Waals surface area contributed by atoms with E-state index in [-0.39, 0.29) is 41.2 Å². The zero-order valence-corrected chi connectivity index (χ0v) is 14.1. The molecule has 2 saturated carbocycles. The second-order valence-electron chi connectivity index (χ2n) is 7.54. The monoisotopic (exact) mass is 350 g/mol. The third-order valence-corrected chi connectivity index (χ3v) is 6.33. The molecule has 6 heteroatoms. The van der Waals surface area contributed by atoms with Crippen LogP contribution in [0.2, 0.25) is 0 Å². The molecule has 26 heavy (non-hydrogen) atoms. The number of imide groups is 1. The molecule has 0 aromatic heterocycles. The van der Waals surface area contributed by atoms with Crippen LogP contribution in [0.25, 0.3) is 0 Å². The number of amides is 2. The first-order valence-electron chi connectivity index (χ1n) is 9.10. The van der Waals surface area contributed by atoms with Crippen molar-refractivity contribution in [3.63, 3.8) is 0 Å². The maximum absolute atomic E-state index is 13.1. The van der Waals surface area contributed by atoms with E-state index >= 15 is 0 Å². The fourth-order valence-corrected chi connectivity index (χ4v) is 5.33. The number of allylic oxidation sites excluding steroid dienone is 4. The number of carbonyl (C=O) groups is 2. The van der Waals surface area contributed by atoms with Gasteiger partial charge in [-0.05, 0) is 31.7 Å². The Kier molecular flexibility index (Phi) is 3.20. The minimum atomic E-state index is -0.511. The van der Waals surface area contributed by atoms with E-state index in [0.717, 1.165) is 12.8 Å². The van der Waals surface area contributed by atoms with Crippen molar-refractivity contribution in [1.82, 2.24) is 0 Å². The van der Waals surface area contributed by atoms with E-state index in [1.807, 2.05) is 0 Å². The summed E-state index contributed by atoms with van der Waals surface area (Å²) in [4.78, 5) is 37.9. The number of nitro groups is 1. The smallest absolute Gasteiger partial charge is 0.271 e. The van der Waals surface area contributed by atoms with E-state index in [0.29, 0.717) is 5.69 Å². The van der Waals surface area contributed by atoms with Crippen molar-refractivity contribution in [1.29, 1.82) is 0 Å². The Morgan fingerprint density at radius 1 is 1.00 bits per heavy atom. The molecule has 0 spiro atoms. The van der Waals surface area contributed by atoms with Gasteiger partial charge in [-0.2, -0.15) is 0 Å². The van der Waals surface area contributed by atoms with Gasteiger partial charge in [0.25, 0.3) is 5.69 Å². The third kappa shape index (κ3) is 1.92. The maximum atomic E-state index is 13.1. The van der Waals surface area contributed by atoms with E-state index in [1.54, 1.807) is 6.07 Å². The summed E-state index contributed by atoms with van der Waals surface area (Å²) in [6.07, 6.45) is 8.73. The number of hydrogen-bond acceptors (Lipinski definition) is 4. The summed E-state index contributed by atoms with van der Waals surface area (Å²) in [7, 11) is 0. The second kappa shape index (κ2) is 5.37. The molecule has 4 aliphatic rings. The minimum absolute atomic E-state index is 0.0262. The molecule has 2 amide bonds. The summed E-state index contributed by atoms with van der Waals surface area (Å²) in [6, 6.07) is 5.78. The lowest BCUT2D eigenvalue weighted by Crippen LogP contribution is -2.33.